The molecule has 0 fully saturated rings. The summed E-state index contributed by atoms with van der Waals surface area (Å²) in [6.45, 7) is 1.53. The summed E-state index contributed by atoms with van der Waals surface area (Å²) in [5.41, 5.74) is 6.65. The Balaban J connectivity index is 2.25. The summed E-state index contributed by atoms with van der Waals surface area (Å²) in [6, 6.07) is 10.2. The van der Waals surface area contributed by atoms with Crippen molar-refractivity contribution in [3.63, 3.8) is 0 Å². The first-order chi connectivity index (χ1) is 6.90. The molecular formula is C11H14N3+. The predicted molar refractivity (Wildman–Crippen MR) is 55.0 cm³/mol. The van der Waals surface area contributed by atoms with Gasteiger partial charge >= 0.3 is 0 Å². The zero-order valence-electron chi connectivity index (χ0n) is 8.00. The van der Waals surface area contributed by atoms with Gasteiger partial charge in [0.05, 0.1) is 0 Å². The van der Waals surface area contributed by atoms with Crippen molar-refractivity contribution in [1.29, 1.82) is 0 Å². The van der Waals surface area contributed by atoms with Crippen LogP contribution in [0.1, 0.15) is 0 Å². The summed E-state index contributed by atoms with van der Waals surface area (Å²) in [5, 5.41) is 0. The van der Waals surface area contributed by atoms with Crippen molar-refractivity contribution in [1.82, 2.24) is 4.57 Å². The second-order valence-corrected chi connectivity index (χ2v) is 3.18. The molecule has 0 aliphatic carbocycles. The number of benzene rings is 1. The van der Waals surface area contributed by atoms with Crippen LogP contribution in [0.15, 0.2) is 49.1 Å². The molecule has 0 saturated carbocycles. The fraction of sp³-hybridized carbons (Fsp3) is 0.182. The molecule has 14 heavy (non-hydrogen) atoms. The average Bonchev–Trinajstić information content (AvgIpc) is 2.68. The third kappa shape index (κ3) is 1.83. The number of nitrogens with zero attached hydrogens (tertiary/aromatic N) is 2. The van der Waals surface area contributed by atoms with Crippen molar-refractivity contribution in [2.24, 2.45) is 5.73 Å². The van der Waals surface area contributed by atoms with Crippen LogP contribution in [0.2, 0.25) is 0 Å². The summed E-state index contributed by atoms with van der Waals surface area (Å²) in [4.78, 5) is 0. The molecule has 0 aliphatic heterocycles. The normalized spacial score (nSPS) is 10.4. The highest BCUT2D eigenvalue weighted by atomic mass is 15.1. The largest absolute Gasteiger partial charge is 0.327 e. The Morgan fingerprint density at radius 2 is 2.00 bits per heavy atom. The van der Waals surface area contributed by atoms with Gasteiger partial charge in [-0.3, -0.25) is 0 Å². The van der Waals surface area contributed by atoms with Gasteiger partial charge in [-0.25, -0.2) is 9.13 Å². The molecule has 2 aromatic rings. The Labute approximate surface area is 83.4 Å². The van der Waals surface area contributed by atoms with Gasteiger partial charge in [0.15, 0.2) is 0 Å². The number of para-hydroxylation sites is 1. The van der Waals surface area contributed by atoms with E-state index in [1.807, 2.05) is 36.9 Å². The molecular weight excluding hydrogens is 174 g/mol. The molecule has 0 amide bonds. The van der Waals surface area contributed by atoms with Crippen molar-refractivity contribution in [2.75, 3.05) is 6.54 Å². The van der Waals surface area contributed by atoms with Crippen LogP contribution in [-0.4, -0.2) is 11.1 Å². The van der Waals surface area contributed by atoms with Crippen molar-refractivity contribution in [3.8, 4) is 5.69 Å². The minimum absolute atomic E-state index is 0.670. The summed E-state index contributed by atoms with van der Waals surface area (Å²) in [6.07, 6.45) is 6.10. The molecule has 1 heterocycles. The first-order valence-electron chi connectivity index (χ1n) is 4.72. The van der Waals surface area contributed by atoms with E-state index in [0.29, 0.717) is 6.54 Å². The molecule has 72 valence electrons. The maximum atomic E-state index is 5.48. The van der Waals surface area contributed by atoms with E-state index in [9.17, 15) is 0 Å². The topological polar surface area (TPSA) is 34.8 Å². The van der Waals surface area contributed by atoms with Crippen LogP contribution in [0.3, 0.4) is 0 Å². The van der Waals surface area contributed by atoms with Crippen LogP contribution >= 0.6 is 0 Å². The van der Waals surface area contributed by atoms with E-state index < -0.39 is 0 Å². The molecule has 1 aromatic carbocycles. The standard InChI is InChI=1S/C11H14N3/c12-6-7-13-8-9-14(10-13)11-4-2-1-3-5-11/h1-5,8-10H,6-7,12H2/q+1. The van der Waals surface area contributed by atoms with Crippen LogP contribution in [0.5, 0.6) is 0 Å². The van der Waals surface area contributed by atoms with Crippen LogP contribution in [0.4, 0.5) is 0 Å². The van der Waals surface area contributed by atoms with Crippen LogP contribution in [0.25, 0.3) is 5.69 Å². The predicted octanol–water partition coefficient (Wildman–Crippen LogP) is 0.723. The second-order valence-electron chi connectivity index (χ2n) is 3.18. The first kappa shape index (κ1) is 8.97. The third-order valence-electron chi connectivity index (χ3n) is 2.13. The zero-order chi connectivity index (χ0) is 9.80. The summed E-state index contributed by atoms with van der Waals surface area (Å²) in [7, 11) is 0. The summed E-state index contributed by atoms with van der Waals surface area (Å²) in [5.74, 6) is 0. The Morgan fingerprint density at radius 1 is 1.21 bits per heavy atom. The molecule has 2 rings (SSSR count). The van der Waals surface area contributed by atoms with Crippen LogP contribution < -0.4 is 10.3 Å². The lowest BCUT2D eigenvalue weighted by Gasteiger charge is -1.93. The van der Waals surface area contributed by atoms with Gasteiger partial charge in [0, 0.05) is 6.54 Å². The smallest absolute Gasteiger partial charge is 0.249 e. The lowest BCUT2D eigenvalue weighted by molar-refractivity contribution is -0.693. The van der Waals surface area contributed by atoms with E-state index >= 15 is 0 Å². The minimum atomic E-state index is 0.670. The summed E-state index contributed by atoms with van der Waals surface area (Å²) < 4.78 is 4.16. The van der Waals surface area contributed by atoms with Crippen molar-refractivity contribution in [3.05, 3.63) is 49.1 Å². The Kier molecular flexibility index (Phi) is 2.60. The number of aromatic nitrogens is 2. The van der Waals surface area contributed by atoms with Gasteiger partial charge in [-0.15, -0.1) is 0 Å². The summed E-state index contributed by atoms with van der Waals surface area (Å²) >= 11 is 0. The van der Waals surface area contributed by atoms with Crippen LogP contribution in [0, 0.1) is 0 Å². The molecule has 0 radical (unpaired) electrons. The minimum Gasteiger partial charge on any atom is -0.327 e. The Morgan fingerprint density at radius 3 is 2.71 bits per heavy atom. The Hall–Kier alpha value is -1.61. The van der Waals surface area contributed by atoms with Gasteiger partial charge < -0.3 is 5.73 Å². The number of imidazole rings is 1. The van der Waals surface area contributed by atoms with Crippen molar-refractivity contribution >= 4 is 0 Å². The second kappa shape index (κ2) is 4.07. The molecule has 0 aliphatic rings. The molecule has 2 N–H and O–H groups in total. The van der Waals surface area contributed by atoms with E-state index in [2.05, 4.69) is 21.3 Å². The molecule has 0 unspecified atom stereocenters. The average molecular weight is 188 g/mol. The van der Waals surface area contributed by atoms with Crippen LogP contribution in [-0.2, 0) is 6.54 Å². The quantitative estimate of drug-likeness (QED) is 0.708. The fourth-order valence-electron chi connectivity index (χ4n) is 1.43. The van der Waals surface area contributed by atoms with Gasteiger partial charge in [0.1, 0.15) is 24.6 Å². The number of nitrogens with two attached hydrogens (primary N) is 1. The number of hydrogen-bond donors (Lipinski definition) is 1. The molecule has 0 bridgehead atoms. The fourth-order valence-corrected chi connectivity index (χ4v) is 1.43. The van der Waals surface area contributed by atoms with Gasteiger partial charge in [0.25, 0.3) is 0 Å². The maximum absolute atomic E-state index is 5.48. The van der Waals surface area contributed by atoms with Gasteiger partial charge in [-0.05, 0) is 12.1 Å². The molecule has 1 aromatic heterocycles. The monoisotopic (exact) mass is 188 g/mol. The van der Waals surface area contributed by atoms with Gasteiger partial charge in [-0.2, -0.15) is 0 Å². The number of rotatable bonds is 3. The molecule has 3 nitrogen and oxygen atoms in total. The number of hydrogen-bond acceptors (Lipinski definition) is 1. The van der Waals surface area contributed by atoms with Gasteiger partial charge in [0.2, 0.25) is 6.33 Å². The molecule has 0 atom stereocenters. The molecule has 0 saturated heterocycles. The highest BCUT2D eigenvalue weighted by molar-refractivity contribution is 5.30. The highest BCUT2D eigenvalue weighted by Crippen LogP contribution is 2.03. The molecule has 3 heteroatoms. The SMILES string of the molecule is NCC[n+]1ccn(-c2ccccc2)c1. The maximum Gasteiger partial charge on any atom is 0.249 e. The van der Waals surface area contributed by atoms with Crippen molar-refractivity contribution < 1.29 is 4.57 Å². The van der Waals surface area contributed by atoms with E-state index in [0.717, 1.165) is 6.54 Å². The Bertz CT molecular complexity index is 392. The lowest BCUT2D eigenvalue weighted by atomic mass is 10.3. The van der Waals surface area contributed by atoms with Gasteiger partial charge in [-0.1, -0.05) is 18.2 Å². The van der Waals surface area contributed by atoms with E-state index in [-0.39, 0.29) is 0 Å². The van der Waals surface area contributed by atoms with E-state index in [1.165, 1.54) is 5.69 Å². The van der Waals surface area contributed by atoms with E-state index in [4.69, 9.17) is 5.73 Å². The lowest BCUT2D eigenvalue weighted by Crippen LogP contribution is -2.35. The third-order valence-corrected chi connectivity index (χ3v) is 2.13. The van der Waals surface area contributed by atoms with E-state index in [1.54, 1.807) is 0 Å². The highest BCUT2D eigenvalue weighted by Gasteiger charge is 2.03. The molecule has 0 spiro atoms. The van der Waals surface area contributed by atoms with Crippen molar-refractivity contribution in [2.45, 2.75) is 6.54 Å². The zero-order valence-corrected chi connectivity index (χ0v) is 8.00. The first-order valence-corrected chi connectivity index (χ1v) is 4.72.